The fraction of sp³-hybridized carbons (Fsp3) is 0.409. The number of aliphatic hydroxyl groups excluding tert-OH is 1. The Balaban J connectivity index is 0.00000289. The van der Waals surface area contributed by atoms with Crippen LogP contribution in [0.5, 0.6) is 0 Å². The largest absolute Gasteiger partial charge is 1.00 e. The molecule has 0 atom stereocenters. The van der Waals surface area contributed by atoms with Crippen LogP contribution < -0.4 is 17.3 Å². The lowest BCUT2D eigenvalue weighted by Gasteiger charge is -2.35. The van der Waals surface area contributed by atoms with Crippen molar-refractivity contribution < 1.29 is 35.5 Å². The number of hydrogen-bond acceptors (Lipinski definition) is 5. The van der Waals surface area contributed by atoms with E-state index in [4.69, 9.17) is 5.11 Å². The molecular weight excluding hydrogens is 463 g/mol. The maximum Gasteiger partial charge on any atom is 0.416 e. The molecule has 2 heterocycles. The summed E-state index contributed by atoms with van der Waals surface area (Å²) >= 11 is 1.38. The van der Waals surface area contributed by atoms with Gasteiger partial charge in [0, 0.05) is 55.5 Å². The van der Waals surface area contributed by atoms with E-state index in [0.29, 0.717) is 23.7 Å². The highest BCUT2D eigenvalue weighted by Crippen LogP contribution is 2.49. The first-order chi connectivity index (χ1) is 14.9. The molecule has 10 heteroatoms. The predicted octanol–water partition coefficient (Wildman–Crippen LogP) is 0.839. The lowest BCUT2D eigenvalue weighted by atomic mass is 10.1. The van der Waals surface area contributed by atoms with Gasteiger partial charge in [0.1, 0.15) is 0 Å². The first kappa shape index (κ1) is 24.9. The van der Waals surface area contributed by atoms with E-state index in [2.05, 4.69) is 9.80 Å². The minimum atomic E-state index is -4.47. The molecule has 4 rings (SSSR count). The van der Waals surface area contributed by atoms with Gasteiger partial charge in [-0.3, -0.25) is 14.6 Å². The van der Waals surface area contributed by atoms with Gasteiger partial charge in [0.15, 0.2) is 0 Å². The summed E-state index contributed by atoms with van der Waals surface area (Å²) in [5, 5.41) is 9.06. The molecule has 1 fully saturated rings. The van der Waals surface area contributed by atoms with E-state index >= 15 is 0 Å². The predicted molar refractivity (Wildman–Crippen MR) is 114 cm³/mol. The van der Waals surface area contributed by atoms with Crippen molar-refractivity contribution in [3.8, 4) is 0 Å². The van der Waals surface area contributed by atoms with Crippen LogP contribution in [0.1, 0.15) is 12.0 Å². The van der Waals surface area contributed by atoms with Gasteiger partial charge in [-0.25, -0.2) is 0 Å². The van der Waals surface area contributed by atoms with Gasteiger partial charge in [-0.05, 0) is 30.3 Å². The van der Waals surface area contributed by atoms with Gasteiger partial charge in [0.2, 0.25) is 5.91 Å². The Morgan fingerprint density at radius 1 is 0.938 bits per heavy atom. The second-order valence-corrected chi connectivity index (χ2v) is 8.72. The Hall–Kier alpha value is -1.78. The minimum absolute atomic E-state index is 0. The summed E-state index contributed by atoms with van der Waals surface area (Å²) in [7, 11) is 0. The molecule has 174 valence electrons. The molecule has 0 spiro atoms. The SMILES string of the molecule is O=C(CCN1CCN(CCO)CC1)N1c2ccccc2Sc2ccc(C(F)(F)F)cc21.[Cl-]. The molecule has 1 amide bonds. The maximum atomic E-state index is 13.3. The molecule has 0 radical (unpaired) electrons. The molecule has 5 nitrogen and oxygen atoms in total. The molecule has 1 N–H and O–H groups in total. The van der Waals surface area contributed by atoms with Crippen molar-refractivity contribution >= 4 is 29.0 Å². The minimum Gasteiger partial charge on any atom is -1.00 e. The van der Waals surface area contributed by atoms with Gasteiger partial charge in [0.25, 0.3) is 0 Å². The Bertz CT molecular complexity index is 952. The Kier molecular flexibility index (Phi) is 8.11. The summed E-state index contributed by atoms with van der Waals surface area (Å²) in [4.78, 5) is 20.5. The van der Waals surface area contributed by atoms with Crippen molar-refractivity contribution in [2.75, 3.05) is 50.8 Å². The van der Waals surface area contributed by atoms with Crippen LogP contribution >= 0.6 is 11.8 Å². The number of fused-ring (bicyclic) bond motifs is 2. The van der Waals surface area contributed by atoms with Gasteiger partial charge in [0.05, 0.1) is 23.5 Å². The van der Waals surface area contributed by atoms with E-state index in [0.717, 1.165) is 43.2 Å². The van der Waals surface area contributed by atoms with E-state index in [-0.39, 0.29) is 37.0 Å². The van der Waals surface area contributed by atoms with Crippen LogP contribution in [-0.2, 0) is 11.0 Å². The number of amides is 1. The lowest BCUT2D eigenvalue weighted by Crippen LogP contribution is -3.00. The number of alkyl halides is 3. The molecule has 0 bridgehead atoms. The third-order valence-electron chi connectivity index (χ3n) is 5.63. The Morgan fingerprint density at radius 3 is 2.22 bits per heavy atom. The lowest BCUT2D eigenvalue weighted by molar-refractivity contribution is -0.137. The average molecular weight is 487 g/mol. The molecule has 0 unspecified atom stereocenters. The molecule has 32 heavy (non-hydrogen) atoms. The zero-order chi connectivity index (χ0) is 22.0. The van der Waals surface area contributed by atoms with E-state index < -0.39 is 11.7 Å². The zero-order valence-corrected chi connectivity index (χ0v) is 18.9. The van der Waals surface area contributed by atoms with Gasteiger partial charge >= 0.3 is 6.18 Å². The second-order valence-electron chi connectivity index (χ2n) is 7.64. The highest BCUT2D eigenvalue weighted by molar-refractivity contribution is 7.99. The summed E-state index contributed by atoms with van der Waals surface area (Å²) < 4.78 is 40.0. The maximum absolute atomic E-state index is 13.3. The quantitative estimate of drug-likeness (QED) is 0.679. The van der Waals surface area contributed by atoms with Crippen LogP contribution in [0.25, 0.3) is 0 Å². The zero-order valence-electron chi connectivity index (χ0n) is 17.3. The summed E-state index contributed by atoms with van der Waals surface area (Å²) in [6.07, 6.45) is -4.26. The molecule has 2 aromatic carbocycles. The molecule has 0 aromatic heterocycles. The summed E-state index contributed by atoms with van der Waals surface area (Å²) in [5.74, 6) is -0.217. The van der Waals surface area contributed by atoms with Crippen molar-refractivity contribution in [1.82, 2.24) is 9.80 Å². The van der Waals surface area contributed by atoms with E-state index in [1.54, 1.807) is 12.1 Å². The Morgan fingerprint density at radius 2 is 1.56 bits per heavy atom. The number of benzene rings is 2. The second kappa shape index (κ2) is 10.4. The average Bonchev–Trinajstić information content (AvgIpc) is 2.76. The van der Waals surface area contributed by atoms with Crippen LogP contribution in [-0.4, -0.2) is 66.7 Å². The number of carbonyl (C=O) groups is 1. The van der Waals surface area contributed by atoms with Crippen LogP contribution in [0, 0.1) is 0 Å². The van der Waals surface area contributed by atoms with Crippen LogP contribution in [0.3, 0.4) is 0 Å². The fourth-order valence-corrected chi connectivity index (χ4v) is 4.98. The van der Waals surface area contributed by atoms with Crippen molar-refractivity contribution in [2.24, 2.45) is 0 Å². The highest BCUT2D eigenvalue weighted by Gasteiger charge is 2.35. The number of carbonyl (C=O) groups excluding carboxylic acids is 1. The molecule has 2 aliphatic rings. The molecule has 0 aliphatic carbocycles. The molecule has 0 saturated carbocycles. The third-order valence-corrected chi connectivity index (χ3v) is 6.76. The summed E-state index contributed by atoms with van der Waals surface area (Å²) in [6, 6.07) is 10.9. The van der Waals surface area contributed by atoms with E-state index in [1.165, 1.54) is 22.7 Å². The van der Waals surface area contributed by atoms with Crippen molar-refractivity contribution in [3.05, 3.63) is 48.0 Å². The smallest absolute Gasteiger partial charge is 0.416 e. The fourth-order valence-electron chi connectivity index (χ4n) is 3.94. The number of para-hydroxylation sites is 1. The van der Waals surface area contributed by atoms with Gasteiger partial charge in [-0.15, -0.1) is 0 Å². The van der Waals surface area contributed by atoms with Gasteiger partial charge in [-0.1, -0.05) is 23.9 Å². The number of aliphatic hydroxyl groups is 1. The highest BCUT2D eigenvalue weighted by atomic mass is 35.5. The number of halogens is 4. The first-order valence-corrected chi connectivity index (χ1v) is 11.0. The normalized spacial score (nSPS) is 16.8. The number of rotatable bonds is 5. The number of piperazine rings is 1. The molecular formula is C22H24ClF3N3O2S-. The third kappa shape index (κ3) is 5.40. The number of anilines is 2. The van der Waals surface area contributed by atoms with Crippen LogP contribution in [0.4, 0.5) is 24.5 Å². The number of hydrogen-bond donors (Lipinski definition) is 1. The topological polar surface area (TPSA) is 47.0 Å². The monoisotopic (exact) mass is 486 g/mol. The van der Waals surface area contributed by atoms with Crippen molar-refractivity contribution in [3.63, 3.8) is 0 Å². The Labute approximate surface area is 195 Å². The molecule has 2 aliphatic heterocycles. The summed E-state index contributed by atoms with van der Waals surface area (Å²) in [6.45, 7) is 4.58. The summed E-state index contributed by atoms with van der Waals surface area (Å²) in [5.41, 5.74) is 0.150. The first-order valence-electron chi connectivity index (χ1n) is 10.2. The standard InChI is InChI=1S/C22H24F3N3O2S.ClH/c23-22(24,25)16-5-6-20-18(15-16)28(17-3-1-2-4-19(17)31-20)21(30)7-8-26-9-11-27(12-10-26)13-14-29;/h1-6,15,29H,7-14H2;1H/p-1. The number of β-amino-alcohol motifs (C(OH)–C–C–N with tert-alkyl or cyclic N) is 1. The van der Waals surface area contributed by atoms with Crippen LogP contribution in [0.15, 0.2) is 52.3 Å². The molecule has 2 aromatic rings. The van der Waals surface area contributed by atoms with Crippen LogP contribution in [0.2, 0.25) is 0 Å². The van der Waals surface area contributed by atoms with Crippen molar-refractivity contribution in [2.45, 2.75) is 22.4 Å². The van der Waals surface area contributed by atoms with E-state index in [9.17, 15) is 18.0 Å². The van der Waals surface area contributed by atoms with E-state index in [1.807, 2.05) is 12.1 Å². The van der Waals surface area contributed by atoms with Gasteiger partial charge in [-0.2, -0.15) is 13.2 Å². The molecule has 1 saturated heterocycles. The van der Waals surface area contributed by atoms with Crippen molar-refractivity contribution in [1.29, 1.82) is 0 Å². The van der Waals surface area contributed by atoms with Gasteiger partial charge < -0.3 is 22.4 Å². The number of nitrogens with zero attached hydrogens (tertiary/aromatic N) is 3.